The maximum absolute atomic E-state index is 12.7. The SMILES string of the molecule is CCCCCN(C(=O)Oc1ccncc1)c1ccc2[nH]c(=S)sc2c1. The molecule has 130 valence electrons. The van der Waals surface area contributed by atoms with Crippen LogP contribution < -0.4 is 9.64 Å². The zero-order valence-electron chi connectivity index (χ0n) is 13.9. The normalized spacial score (nSPS) is 10.8. The van der Waals surface area contributed by atoms with Crippen LogP contribution in [-0.4, -0.2) is 22.6 Å². The number of nitrogens with one attached hydrogen (secondary N) is 1. The molecule has 0 radical (unpaired) electrons. The second-order valence-corrected chi connectivity index (χ2v) is 7.32. The number of carbonyl (C=O) groups is 1. The molecule has 0 atom stereocenters. The van der Waals surface area contributed by atoms with Gasteiger partial charge >= 0.3 is 6.09 Å². The second kappa shape index (κ2) is 8.22. The molecule has 0 aliphatic heterocycles. The van der Waals surface area contributed by atoms with Crippen LogP contribution >= 0.6 is 23.6 Å². The van der Waals surface area contributed by atoms with Crippen molar-refractivity contribution in [2.45, 2.75) is 26.2 Å². The highest BCUT2D eigenvalue weighted by atomic mass is 32.1. The fraction of sp³-hybridized carbons (Fsp3) is 0.278. The molecule has 3 rings (SSSR count). The Labute approximate surface area is 155 Å². The minimum Gasteiger partial charge on any atom is -0.410 e. The van der Waals surface area contributed by atoms with Crippen LogP contribution in [0.4, 0.5) is 10.5 Å². The summed E-state index contributed by atoms with van der Waals surface area (Å²) in [5, 5.41) is 0. The van der Waals surface area contributed by atoms with Crippen LogP contribution in [0.15, 0.2) is 42.7 Å². The van der Waals surface area contributed by atoms with Crippen LogP contribution in [0, 0.1) is 3.95 Å². The Morgan fingerprint density at radius 2 is 2.08 bits per heavy atom. The summed E-state index contributed by atoms with van der Waals surface area (Å²) in [7, 11) is 0. The zero-order chi connectivity index (χ0) is 17.6. The van der Waals surface area contributed by atoms with Crippen molar-refractivity contribution < 1.29 is 9.53 Å². The number of thiazole rings is 1. The first-order chi connectivity index (χ1) is 12.2. The number of H-pyrrole nitrogens is 1. The van der Waals surface area contributed by atoms with E-state index in [1.54, 1.807) is 29.4 Å². The van der Waals surface area contributed by atoms with E-state index in [-0.39, 0.29) is 6.09 Å². The molecule has 1 N–H and O–H groups in total. The Morgan fingerprint density at radius 1 is 1.28 bits per heavy atom. The van der Waals surface area contributed by atoms with E-state index < -0.39 is 0 Å². The van der Waals surface area contributed by atoms with Crippen molar-refractivity contribution in [1.82, 2.24) is 9.97 Å². The first-order valence-electron chi connectivity index (χ1n) is 8.19. The zero-order valence-corrected chi connectivity index (χ0v) is 15.5. The van der Waals surface area contributed by atoms with Crippen LogP contribution in [0.1, 0.15) is 26.2 Å². The maximum Gasteiger partial charge on any atom is 0.419 e. The summed E-state index contributed by atoms with van der Waals surface area (Å²) in [6, 6.07) is 9.18. The van der Waals surface area contributed by atoms with Crippen molar-refractivity contribution in [2.75, 3.05) is 11.4 Å². The molecule has 0 spiro atoms. The topological polar surface area (TPSA) is 58.2 Å². The van der Waals surface area contributed by atoms with E-state index in [1.807, 2.05) is 18.2 Å². The summed E-state index contributed by atoms with van der Waals surface area (Å²) < 4.78 is 7.25. The smallest absolute Gasteiger partial charge is 0.410 e. The van der Waals surface area contributed by atoms with E-state index in [9.17, 15) is 4.79 Å². The molecule has 2 aromatic heterocycles. The average molecular weight is 374 g/mol. The number of unbranched alkanes of at least 4 members (excludes halogenated alkanes) is 2. The lowest BCUT2D eigenvalue weighted by atomic mass is 10.2. The number of aromatic amines is 1. The average Bonchev–Trinajstić information content (AvgIpc) is 2.98. The summed E-state index contributed by atoms with van der Waals surface area (Å²) in [6.45, 7) is 2.75. The minimum atomic E-state index is -0.388. The predicted molar refractivity (Wildman–Crippen MR) is 104 cm³/mol. The van der Waals surface area contributed by atoms with Gasteiger partial charge in [0, 0.05) is 24.6 Å². The standard InChI is InChI=1S/C18H19N3O2S2/c1-2-3-4-11-21(18(22)23-14-7-9-19-10-8-14)13-5-6-15-16(12-13)25-17(24)20-15/h5-10,12H,2-4,11H2,1H3,(H,20,24). The van der Waals surface area contributed by atoms with Gasteiger partial charge in [0.05, 0.1) is 10.2 Å². The van der Waals surface area contributed by atoms with Gasteiger partial charge in [-0.1, -0.05) is 19.8 Å². The number of anilines is 1. The summed E-state index contributed by atoms with van der Waals surface area (Å²) in [5.41, 5.74) is 1.79. The van der Waals surface area contributed by atoms with Gasteiger partial charge in [-0.25, -0.2) is 4.79 Å². The van der Waals surface area contributed by atoms with Gasteiger partial charge in [0.25, 0.3) is 0 Å². The minimum absolute atomic E-state index is 0.388. The number of amides is 1. The number of carbonyl (C=O) groups excluding carboxylic acids is 1. The lowest BCUT2D eigenvalue weighted by Crippen LogP contribution is -2.34. The molecule has 0 aliphatic carbocycles. The van der Waals surface area contributed by atoms with Gasteiger partial charge in [-0.3, -0.25) is 9.88 Å². The number of pyridine rings is 1. The van der Waals surface area contributed by atoms with Gasteiger partial charge in [-0.05, 0) is 49.0 Å². The number of rotatable bonds is 6. The number of benzene rings is 1. The van der Waals surface area contributed by atoms with E-state index >= 15 is 0 Å². The highest BCUT2D eigenvalue weighted by Crippen LogP contribution is 2.26. The Balaban J connectivity index is 1.86. The van der Waals surface area contributed by atoms with Crippen molar-refractivity contribution >= 4 is 45.6 Å². The molecule has 25 heavy (non-hydrogen) atoms. The fourth-order valence-electron chi connectivity index (χ4n) is 2.51. The van der Waals surface area contributed by atoms with E-state index in [0.29, 0.717) is 12.3 Å². The monoisotopic (exact) mass is 373 g/mol. The second-order valence-electron chi connectivity index (χ2n) is 5.60. The van der Waals surface area contributed by atoms with E-state index in [0.717, 1.165) is 39.1 Å². The van der Waals surface area contributed by atoms with Crippen LogP contribution in [0.3, 0.4) is 0 Å². The number of hydrogen-bond donors (Lipinski definition) is 1. The summed E-state index contributed by atoms with van der Waals surface area (Å²) in [5.74, 6) is 0.485. The molecular weight excluding hydrogens is 354 g/mol. The molecule has 3 aromatic rings. The van der Waals surface area contributed by atoms with Crippen LogP contribution in [0.2, 0.25) is 0 Å². The highest BCUT2D eigenvalue weighted by Gasteiger charge is 2.18. The van der Waals surface area contributed by atoms with Crippen molar-refractivity contribution in [3.63, 3.8) is 0 Å². The van der Waals surface area contributed by atoms with Crippen LogP contribution in [0.5, 0.6) is 5.75 Å². The Hall–Kier alpha value is -2.25. The van der Waals surface area contributed by atoms with E-state index in [2.05, 4.69) is 16.9 Å². The molecule has 0 saturated carbocycles. The molecule has 1 amide bonds. The molecule has 0 aliphatic rings. The molecule has 0 saturated heterocycles. The maximum atomic E-state index is 12.7. The van der Waals surface area contributed by atoms with Gasteiger partial charge in [0.1, 0.15) is 5.75 Å². The molecule has 0 unspecified atom stereocenters. The molecule has 0 bridgehead atoms. The summed E-state index contributed by atoms with van der Waals surface area (Å²) >= 11 is 6.70. The fourth-order valence-corrected chi connectivity index (χ4v) is 3.66. The van der Waals surface area contributed by atoms with Gasteiger partial charge in [0.2, 0.25) is 0 Å². The Kier molecular flexibility index (Phi) is 5.78. The number of ether oxygens (including phenoxy) is 1. The Morgan fingerprint density at radius 3 is 2.84 bits per heavy atom. The van der Waals surface area contributed by atoms with Gasteiger partial charge in [-0.2, -0.15) is 0 Å². The van der Waals surface area contributed by atoms with Crippen LogP contribution in [-0.2, 0) is 0 Å². The third kappa shape index (κ3) is 4.43. The molecule has 0 fully saturated rings. The molecular formula is C18H19N3O2S2. The third-order valence-electron chi connectivity index (χ3n) is 3.78. The van der Waals surface area contributed by atoms with Crippen LogP contribution in [0.25, 0.3) is 10.2 Å². The van der Waals surface area contributed by atoms with Gasteiger partial charge in [-0.15, -0.1) is 11.3 Å². The predicted octanol–water partition coefficient (Wildman–Crippen LogP) is 5.55. The number of aromatic nitrogens is 2. The molecule has 2 heterocycles. The quantitative estimate of drug-likeness (QED) is 0.455. The number of fused-ring (bicyclic) bond motifs is 1. The third-order valence-corrected chi connectivity index (χ3v) is 4.97. The van der Waals surface area contributed by atoms with Crippen molar-refractivity contribution in [1.29, 1.82) is 0 Å². The lowest BCUT2D eigenvalue weighted by Gasteiger charge is -2.22. The number of nitrogens with zero attached hydrogens (tertiary/aromatic N) is 2. The summed E-state index contributed by atoms with van der Waals surface area (Å²) in [6.07, 6.45) is 5.88. The molecule has 7 heteroatoms. The molecule has 1 aromatic carbocycles. The Bertz CT molecular complexity index is 905. The van der Waals surface area contributed by atoms with E-state index in [1.165, 1.54) is 11.3 Å². The van der Waals surface area contributed by atoms with E-state index in [4.69, 9.17) is 17.0 Å². The van der Waals surface area contributed by atoms with Crippen molar-refractivity contribution in [2.24, 2.45) is 0 Å². The first-order valence-corrected chi connectivity index (χ1v) is 9.42. The lowest BCUT2D eigenvalue weighted by molar-refractivity contribution is 0.207. The number of hydrogen-bond acceptors (Lipinski definition) is 5. The van der Waals surface area contributed by atoms with Crippen molar-refractivity contribution in [3.05, 3.63) is 46.7 Å². The molecule has 5 nitrogen and oxygen atoms in total. The van der Waals surface area contributed by atoms with Gasteiger partial charge < -0.3 is 9.72 Å². The summed E-state index contributed by atoms with van der Waals surface area (Å²) in [4.78, 5) is 21.5. The highest BCUT2D eigenvalue weighted by molar-refractivity contribution is 7.73. The largest absolute Gasteiger partial charge is 0.419 e. The van der Waals surface area contributed by atoms with Crippen molar-refractivity contribution in [3.8, 4) is 5.75 Å². The first kappa shape index (κ1) is 17.6. The van der Waals surface area contributed by atoms with Gasteiger partial charge in [0.15, 0.2) is 3.95 Å².